The van der Waals surface area contributed by atoms with Crippen molar-refractivity contribution in [1.82, 2.24) is 9.97 Å². The van der Waals surface area contributed by atoms with E-state index in [1.54, 1.807) is 6.20 Å². The van der Waals surface area contributed by atoms with Gasteiger partial charge in [0, 0.05) is 19.4 Å². The summed E-state index contributed by atoms with van der Waals surface area (Å²) in [6.07, 6.45) is 3.84. The summed E-state index contributed by atoms with van der Waals surface area (Å²) in [5, 5.41) is 0. The van der Waals surface area contributed by atoms with Gasteiger partial charge >= 0.3 is 0 Å². The maximum atomic E-state index is 6.19. The number of ether oxygens (including phenoxy) is 1. The normalized spacial score (nSPS) is 20.1. The fourth-order valence-corrected chi connectivity index (χ4v) is 1.98. The third-order valence-corrected chi connectivity index (χ3v) is 2.91. The predicted octanol–water partition coefficient (Wildman–Crippen LogP) is 1.21. The molecule has 1 aliphatic rings. The highest BCUT2D eigenvalue weighted by Crippen LogP contribution is 2.26. The van der Waals surface area contributed by atoms with Crippen molar-refractivity contribution < 1.29 is 4.74 Å². The zero-order valence-corrected chi connectivity index (χ0v) is 9.02. The fraction of sp³-hybridized carbons (Fsp3) is 0.636. The Hall–Kier alpha value is -1.00. The molecule has 1 aliphatic heterocycles. The average Bonchev–Trinajstić information content (AvgIpc) is 2.29. The Bertz CT molecular complexity index is 323. The van der Waals surface area contributed by atoms with Gasteiger partial charge in [-0.25, -0.2) is 9.97 Å². The van der Waals surface area contributed by atoms with Gasteiger partial charge in [0.1, 0.15) is 5.82 Å². The predicted molar refractivity (Wildman–Crippen MR) is 57.2 cm³/mol. The van der Waals surface area contributed by atoms with E-state index in [0.29, 0.717) is 5.92 Å². The average molecular weight is 207 g/mol. The highest BCUT2D eigenvalue weighted by Gasteiger charge is 2.23. The molecule has 1 aromatic rings. The van der Waals surface area contributed by atoms with Gasteiger partial charge in [-0.05, 0) is 31.7 Å². The summed E-state index contributed by atoms with van der Waals surface area (Å²) in [5.41, 5.74) is 7.15. The second kappa shape index (κ2) is 4.68. The van der Waals surface area contributed by atoms with Crippen LogP contribution in [-0.2, 0) is 4.74 Å². The van der Waals surface area contributed by atoms with Gasteiger partial charge in [0.2, 0.25) is 0 Å². The summed E-state index contributed by atoms with van der Waals surface area (Å²) in [6, 6.07) is 1.93. The number of aromatic nitrogens is 2. The number of hydrogen-bond donors (Lipinski definition) is 1. The van der Waals surface area contributed by atoms with E-state index in [1.165, 1.54) is 0 Å². The Morgan fingerprint density at radius 1 is 1.47 bits per heavy atom. The maximum Gasteiger partial charge on any atom is 0.125 e. The van der Waals surface area contributed by atoms with Crippen LogP contribution in [0.4, 0.5) is 0 Å². The van der Waals surface area contributed by atoms with Gasteiger partial charge in [0.15, 0.2) is 0 Å². The van der Waals surface area contributed by atoms with Crippen LogP contribution in [0.1, 0.15) is 30.4 Å². The summed E-state index contributed by atoms with van der Waals surface area (Å²) in [6.45, 7) is 3.53. The summed E-state index contributed by atoms with van der Waals surface area (Å²) in [7, 11) is 0. The van der Waals surface area contributed by atoms with E-state index in [9.17, 15) is 0 Å². The number of nitrogens with two attached hydrogens (primary N) is 1. The van der Waals surface area contributed by atoms with Crippen molar-refractivity contribution in [1.29, 1.82) is 0 Å². The molecule has 2 heterocycles. The molecule has 0 amide bonds. The van der Waals surface area contributed by atoms with Gasteiger partial charge in [-0.15, -0.1) is 0 Å². The number of rotatable bonds is 2. The molecule has 82 valence electrons. The van der Waals surface area contributed by atoms with Crippen molar-refractivity contribution in [2.24, 2.45) is 11.7 Å². The van der Waals surface area contributed by atoms with Crippen molar-refractivity contribution in [3.8, 4) is 0 Å². The van der Waals surface area contributed by atoms with Crippen molar-refractivity contribution in [3.63, 3.8) is 0 Å². The minimum absolute atomic E-state index is 0.0237. The second-order valence-corrected chi connectivity index (χ2v) is 4.00. The first-order valence-corrected chi connectivity index (χ1v) is 5.40. The third kappa shape index (κ3) is 2.52. The van der Waals surface area contributed by atoms with E-state index in [-0.39, 0.29) is 6.04 Å². The summed E-state index contributed by atoms with van der Waals surface area (Å²) in [4.78, 5) is 8.45. The van der Waals surface area contributed by atoms with Crippen LogP contribution in [0.3, 0.4) is 0 Å². The zero-order chi connectivity index (χ0) is 10.7. The SMILES string of the molecule is Cc1nccc(C(N)C2CCOCC2)n1. The molecule has 15 heavy (non-hydrogen) atoms. The standard InChI is InChI=1S/C11H17N3O/c1-8-13-5-2-10(14-8)11(12)9-3-6-15-7-4-9/h2,5,9,11H,3-4,6-7,12H2,1H3. The van der Waals surface area contributed by atoms with Gasteiger partial charge < -0.3 is 10.5 Å². The minimum Gasteiger partial charge on any atom is -0.381 e. The monoisotopic (exact) mass is 207 g/mol. The van der Waals surface area contributed by atoms with E-state index >= 15 is 0 Å². The van der Waals surface area contributed by atoms with Crippen molar-refractivity contribution in [2.45, 2.75) is 25.8 Å². The summed E-state index contributed by atoms with van der Waals surface area (Å²) < 4.78 is 5.32. The molecule has 1 aromatic heterocycles. The minimum atomic E-state index is 0.0237. The van der Waals surface area contributed by atoms with Crippen LogP contribution in [0.25, 0.3) is 0 Å². The Labute approximate surface area is 89.9 Å². The zero-order valence-electron chi connectivity index (χ0n) is 9.02. The topological polar surface area (TPSA) is 61.0 Å². The van der Waals surface area contributed by atoms with Crippen LogP contribution in [0, 0.1) is 12.8 Å². The molecule has 0 spiro atoms. The molecular weight excluding hydrogens is 190 g/mol. The number of nitrogens with zero attached hydrogens (tertiary/aromatic N) is 2. The van der Waals surface area contributed by atoms with Gasteiger partial charge in [-0.3, -0.25) is 0 Å². The molecule has 2 rings (SSSR count). The van der Waals surface area contributed by atoms with Crippen LogP contribution in [0.5, 0.6) is 0 Å². The lowest BCUT2D eigenvalue weighted by Crippen LogP contribution is -2.28. The van der Waals surface area contributed by atoms with Crippen LogP contribution in [0.2, 0.25) is 0 Å². The van der Waals surface area contributed by atoms with Gasteiger partial charge in [-0.2, -0.15) is 0 Å². The molecule has 0 aliphatic carbocycles. The highest BCUT2D eigenvalue weighted by atomic mass is 16.5. The van der Waals surface area contributed by atoms with E-state index in [1.807, 2.05) is 13.0 Å². The molecule has 0 bridgehead atoms. The molecular formula is C11H17N3O. The largest absolute Gasteiger partial charge is 0.381 e. The quantitative estimate of drug-likeness (QED) is 0.792. The smallest absolute Gasteiger partial charge is 0.125 e. The first kappa shape index (κ1) is 10.5. The van der Waals surface area contributed by atoms with Crippen LogP contribution >= 0.6 is 0 Å². The van der Waals surface area contributed by atoms with E-state index in [0.717, 1.165) is 37.6 Å². The van der Waals surface area contributed by atoms with E-state index in [4.69, 9.17) is 10.5 Å². The van der Waals surface area contributed by atoms with E-state index < -0.39 is 0 Å². The fourth-order valence-electron chi connectivity index (χ4n) is 1.98. The molecule has 1 atom stereocenters. The molecule has 4 nitrogen and oxygen atoms in total. The molecule has 1 fully saturated rings. The number of hydrogen-bond acceptors (Lipinski definition) is 4. The highest BCUT2D eigenvalue weighted by molar-refractivity contribution is 5.08. The lowest BCUT2D eigenvalue weighted by molar-refractivity contribution is 0.0579. The summed E-state index contributed by atoms with van der Waals surface area (Å²) >= 11 is 0. The van der Waals surface area contributed by atoms with Crippen LogP contribution < -0.4 is 5.73 Å². The Morgan fingerprint density at radius 3 is 2.87 bits per heavy atom. The Kier molecular flexibility index (Phi) is 3.28. The van der Waals surface area contributed by atoms with Crippen LogP contribution in [0.15, 0.2) is 12.3 Å². The molecule has 2 N–H and O–H groups in total. The second-order valence-electron chi connectivity index (χ2n) is 4.00. The number of aryl methyl sites for hydroxylation is 1. The van der Waals surface area contributed by atoms with Crippen molar-refractivity contribution in [2.75, 3.05) is 13.2 Å². The van der Waals surface area contributed by atoms with Crippen molar-refractivity contribution in [3.05, 3.63) is 23.8 Å². The molecule has 0 radical (unpaired) electrons. The molecule has 0 aromatic carbocycles. The first-order chi connectivity index (χ1) is 7.27. The Morgan fingerprint density at radius 2 is 2.20 bits per heavy atom. The molecule has 0 saturated carbocycles. The first-order valence-electron chi connectivity index (χ1n) is 5.40. The molecule has 4 heteroatoms. The molecule has 1 unspecified atom stereocenters. The third-order valence-electron chi connectivity index (χ3n) is 2.91. The lowest BCUT2D eigenvalue weighted by atomic mass is 9.90. The summed E-state index contributed by atoms with van der Waals surface area (Å²) in [5.74, 6) is 1.28. The van der Waals surface area contributed by atoms with Gasteiger partial charge in [-0.1, -0.05) is 0 Å². The van der Waals surface area contributed by atoms with Crippen LogP contribution in [-0.4, -0.2) is 23.2 Å². The van der Waals surface area contributed by atoms with Gasteiger partial charge in [0.25, 0.3) is 0 Å². The lowest BCUT2D eigenvalue weighted by Gasteiger charge is -2.27. The van der Waals surface area contributed by atoms with E-state index in [2.05, 4.69) is 9.97 Å². The maximum absolute atomic E-state index is 6.19. The Balaban J connectivity index is 2.08. The molecule has 1 saturated heterocycles. The van der Waals surface area contributed by atoms with Crippen molar-refractivity contribution >= 4 is 0 Å². The van der Waals surface area contributed by atoms with Gasteiger partial charge in [0.05, 0.1) is 11.7 Å².